The van der Waals surface area contributed by atoms with Gasteiger partial charge in [0.05, 0.1) is 5.60 Å². The van der Waals surface area contributed by atoms with Crippen LogP contribution in [0.25, 0.3) is 0 Å². The van der Waals surface area contributed by atoms with E-state index in [1.165, 1.54) is 17.7 Å². The zero-order valence-electron chi connectivity index (χ0n) is 11.7. The molecule has 1 aromatic rings. The second-order valence-corrected chi connectivity index (χ2v) is 6.06. The monoisotopic (exact) mass is 260 g/mol. The molecule has 0 spiro atoms. The minimum atomic E-state index is -0.482. The molecular weight excluding hydrogens is 236 g/mol. The van der Waals surface area contributed by atoms with E-state index in [0.29, 0.717) is 6.04 Å². The maximum Gasteiger partial charge on any atom is 0.0773 e. The van der Waals surface area contributed by atoms with Gasteiger partial charge < -0.3 is 15.3 Å². The maximum atomic E-state index is 10.4. The van der Waals surface area contributed by atoms with Gasteiger partial charge in [0.2, 0.25) is 0 Å². The molecule has 104 valence electrons. The molecule has 0 bridgehead atoms. The number of fused-ring (bicyclic) bond motifs is 1. The maximum absolute atomic E-state index is 10.4. The Morgan fingerprint density at radius 1 is 1.32 bits per heavy atom. The summed E-state index contributed by atoms with van der Waals surface area (Å²) in [6.45, 7) is 1.87. The highest BCUT2D eigenvalue weighted by molar-refractivity contribution is 5.58. The minimum absolute atomic E-state index is 0.482. The van der Waals surface area contributed by atoms with Crippen molar-refractivity contribution in [3.05, 3.63) is 29.8 Å². The number of anilines is 1. The molecule has 0 unspecified atom stereocenters. The van der Waals surface area contributed by atoms with Crippen molar-refractivity contribution in [1.29, 1.82) is 0 Å². The lowest BCUT2D eigenvalue weighted by Gasteiger charge is -2.40. The average molecular weight is 260 g/mol. The Balaban J connectivity index is 1.67. The molecule has 1 heterocycles. The van der Waals surface area contributed by atoms with Crippen LogP contribution in [0, 0.1) is 0 Å². The fourth-order valence-corrected chi connectivity index (χ4v) is 3.70. The number of aliphatic hydroxyl groups is 1. The molecule has 2 aliphatic rings. The first-order valence-corrected chi connectivity index (χ1v) is 7.43. The number of nitrogens with zero attached hydrogens (tertiary/aromatic N) is 1. The molecule has 1 aliphatic heterocycles. The third kappa shape index (κ3) is 2.49. The fourth-order valence-electron chi connectivity index (χ4n) is 3.70. The van der Waals surface area contributed by atoms with Gasteiger partial charge in [-0.15, -0.1) is 0 Å². The van der Waals surface area contributed by atoms with E-state index >= 15 is 0 Å². The van der Waals surface area contributed by atoms with E-state index < -0.39 is 5.60 Å². The number of nitrogens with one attached hydrogen (secondary N) is 1. The number of para-hydroxylation sites is 1. The second kappa shape index (κ2) is 5.14. The molecule has 3 heteroatoms. The van der Waals surface area contributed by atoms with Crippen LogP contribution in [0.2, 0.25) is 0 Å². The Kier molecular flexibility index (Phi) is 3.50. The lowest BCUT2D eigenvalue weighted by Crippen LogP contribution is -2.47. The van der Waals surface area contributed by atoms with E-state index in [-0.39, 0.29) is 0 Å². The Morgan fingerprint density at radius 2 is 2.05 bits per heavy atom. The van der Waals surface area contributed by atoms with Gasteiger partial charge in [0, 0.05) is 24.8 Å². The Labute approximate surface area is 115 Å². The highest BCUT2D eigenvalue weighted by Gasteiger charge is 2.36. The molecule has 2 N–H and O–H groups in total. The van der Waals surface area contributed by atoms with Crippen LogP contribution in [0.5, 0.6) is 0 Å². The zero-order chi connectivity index (χ0) is 13.3. The minimum Gasteiger partial charge on any atom is -0.389 e. The SMILES string of the molecule is CNCC1(O)CCC(N2CCc3ccccc32)CC1. The summed E-state index contributed by atoms with van der Waals surface area (Å²) in [6, 6.07) is 9.37. The van der Waals surface area contributed by atoms with Crippen LogP contribution >= 0.6 is 0 Å². The van der Waals surface area contributed by atoms with E-state index in [2.05, 4.69) is 34.5 Å². The van der Waals surface area contributed by atoms with Crippen LogP contribution in [-0.2, 0) is 6.42 Å². The first-order valence-electron chi connectivity index (χ1n) is 7.43. The highest BCUT2D eigenvalue weighted by Crippen LogP contribution is 2.36. The molecule has 19 heavy (non-hydrogen) atoms. The van der Waals surface area contributed by atoms with Gasteiger partial charge in [-0.05, 0) is 50.8 Å². The molecule has 0 amide bonds. The van der Waals surface area contributed by atoms with Gasteiger partial charge in [-0.3, -0.25) is 0 Å². The van der Waals surface area contributed by atoms with Crippen molar-refractivity contribution in [2.24, 2.45) is 0 Å². The van der Waals surface area contributed by atoms with E-state index in [4.69, 9.17) is 0 Å². The number of hydrogen-bond donors (Lipinski definition) is 2. The molecule has 0 radical (unpaired) electrons. The highest BCUT2D eigenvalue weighted by atomic mass is 16.3. The third-order valence-electron chi connectivity index (χ3n) is 4.76. The Morgan fingerprint density at radius 3 is 2.79 bits per heavy atom. The van der Waals surface area contributed by atoms with Crippen LogP contribution in [0.1, 0.15) is 31.2 Å². The van der Waals surface area contributed by atoms with Gasteiger partial charge in [-0.1, -0.05) is 18.2 Å². The lowest BCUT2D eigenvalue weighted by molar-refractivity contribution is 0.00175. The molecule has 3 rings (SSSR count). The van der Waals surface area contributed by atoms with Gasteiger partial charge in [0.1, 0.15) is 0 Å². The molecule has 3 nitrogen and oxygen atoms in total. The summed E-state index contributed by atoms with van der Waals surface area (Å²) in [5, 5.41) is 13.6. The van der Waals surface area contributed by atoms with Crippen LogP contribution < -0.4 is 10.2 Å². The van der Waals surface area contributed by atoms with Crippen LogP contribution in [0.3, 0.4) is 0 Å². The molecular formula is C16H24N2O. The summed E-state index contributed by atoms with van der Waals surface area (Å²) in [4.78, 5) is 2.56. The number of likely N-dealkylation sites (N-methyl/N-ethyl adjacent to an activating group) is 1. The molecule has 1 aliphatic carbocycles. The van der Waals surface area contributed by atoms with Crippen LogP contribution in [-0.4, -0.2) is 36.9 Å². The standard InChI is InChI=1S/C16H24N2O/c1-17-12-16(19)9-6-14(7-10-16)18-11-8-13-4-2-3-5-15(13)18/h2-5,14,17,19H,6-12H2,1H3. The second-order valence-electron chi connectivity index (χ2n) is 6.06. The lowest BCUT2D eigenvalue weighted by atomic mass is 9.81. The molecule has 1 saturated carbocycles. The van der Waals surface area contributed by atoms with E-state index in [9.17, 15) is 5.11 Å². The van der Waals surface area contributed by atoms with Gasteiger partial charge in [-0.2, -0.15) is 0 Å². The zero-order valence-corrected chi connectivity index (χ0v) is 11.7. The largest absolute Gasteiger partial charge is 0.389 e. The summed E-state index contributed by atoms with van der Waals surface area (Å²) in [5.41, 5.74) is 2.43. The summed E-state index contributed by atoms with van der Waals surface area (Å²) in [6.07, 6.45) is 5.21. The first-order chi connectivity index (χ1) is 9.22. The molecule has 0 atom stereocenters. The smallest absolute Gasteiger partial charge is 0.0773 e. The summed E-state index contributed by atoms with van der Waals surface area (Å²) < 4.78 is 0. The molecule has 0 aromatic heterocycles. The quantitative estimate of drug-likeness (QED) is 0.872. The van der Waals surface area contributed by atoms with E-state index in [0.717, 1.165) is 38.8 Å². The predicted octanol–water partition coefficient (Wildman–Crippen LogP) is 1.94. The third-order valence-corrected chi connectivity index (χ3v) is 4.76. The van der Waals surface area contributed by atoms with Gasteiger partial charge in [0.15, 0.2) is 0 Å². The predicted molar refractivity (Wildman–Crippen MR) is 78.6 cm³/mol. The number of rotatable bonds is 3. The fraction of sp³-hybridized carbons (Fsp3) is 0.625. The molecule has 1 aromatic carbocycles. The molecule has 1 fully saturated rings. The van der Waals surface area contributed by atoms with Crippen molar-refractivity contribution < 1.29 is 5.11 Å². The molecule has 0 saturated heterocycles. The van der Waals surface area contributed by atoms with Crippen molar-refractivity contribution in [3.63, 3.8) is 0 Å². The van der Waals surface area contributed by atoms with Crippen molar-refractivity contribution in [1.82, 2.24) is 5.32 Å². The van der Waals surface area contributed by atoms with Crippen molar-refractivity contribution in [2.75, 3.05) is 25.0 Å². The average Bonchev–Trinajstić information content (AvgIpc) is 2.84. The van der Waals surface area contributed by atoms with Gasteiger partial charge in [0.25, 0.3) is 0 Å². The first kappa shape index (κ1) is 12.9. The summed E-state index contributed by atoms with van der Waals surface area (Å²) >= 11 is 0. The Bertz CT molecular complexity index is 438. The normalized spacial score (nSPS) is 30.4. The number of benzene rings is 1. The van der Waals surface area contributed by atoms with Crippen LogP contribution in [0.15, 0.2) is 24.3 Å². The number of hydrogen-bond acceptors (Lipinski definition) is 3. The topological polar surface area (TPSA) is 35.5 Å². The van der Waals surface area contributed by atoms with Crippen molar-refractivity contribution in [2.45, 2.75) is 43.7 Å². The summed E-state index contributed by atoms with van der Waals surface area (Å²) in [7, 11) is 1.92. The van der Waals surface area contributed by atoms with Gasteiger partial charge in [-0.25, -0.2) is 0 Å². The van der Waals surface area contributed by atoms with Crippen molar-refractivity contribution >= 4 is 5.69 Å². The Hall–Kier alpha value is -1.06. The van der Waals surface area contributed by atoms with E-state index in [1.54, 1.807) is 0 Å². The van der Waals surface area contributed by atoms with Crippen molar-refractivity contribution in [3.8, 4) is 0 Å². The van der Waals surface area contributed by atoms with E-state index in [1.807, 2.05) is 7.05 Å². The summed E-state index contributed by atoms with van der Waals surface area (Å²) in [5.74, 6) is 0. The van der Waals surface area contributed by atoms with Crippen LogP contribution in [0.4, 0.5) is 5.69 Å². The van der Waals surface area contributed by atoms with Gasteiger partial charge >= 0.3 is 0 Å².